The third-order valence-corrected chi connectivity index (χ3v) is 6.67. The quantitative estimate of drug-likeness (QED) is 0.303. The fourth-order valence-electron chi connectivity index (χ4n) is 4.45. The third-order valence-electron chi connectivity index (χ3n) is 6.67. The molecule has 6 heteroatoms. The van der Waals surface area contributed by atoms with Crippen molar-refractivity contribution in [2.75, 3.05) is 13.2 Å². The molecule has 0 aliphatic heterocycles. The van der Waals surface area contributed by atoms with Crippen LogP contribution in [0.1, 0.15) is 76.3 Å². The second-order valence-corrected chi connectivity index (χ2v) is 10.0. The monoisotopic (exact) mass is 470 g/mol. The highest BCUT2D eigenvalue weighted by atomic mass is 16.5. The summed E-state index contributed by atoms with van der Waals surface area (Å²) in [6.07, 6.45) is 6.48. The van der Waals surface area contributed by atoms with Crippen LogP contribution in [0.4, 0.5) is 0 Å². The average Bonchev–Trinajstić information content (AvgIpc) is 3.19. The summed E-state index contributed by atoms with van der Waals surface area (Å²) in [6, 6.07) is 7.95. The number of esters is 1. The second kappa shape index (κ2) is 13.1. The smallest absolute Gasteiger partial charge is 0.323 e. The largest absolute Gasteiger partial charge is 0.465 e. The molecule has 0 amide bonds. The number of aromatic nitrogens is 1. The number of aryl methyl sites for hydroxylation is 2. The van der Waals surface area contributed by atoms with E-state index in [1.54, 1.807) is 0 Å². The van der Waals surface area contributed by atoms with E-state index >= 15 is 0 Å². The van der Waals surface area contributed by atoms with Crippen LogP contribution in [0.3, 0.4) is 0 Å². The van der Waals surface area contributed by atoms with E-state index < -0.39 is 0 Å². The number of nitrogens with zero attached hydrogens (tertiary/aromatic N) is 1. The Morgan fingerprint density at radius 1 is 1.21 bits per heavy atom. The molecule has 3 atom stereocenters. The molecule has 0 unspecified atom stereocenters. The van der Waals surface area contributed by atoms with Gasteiger partial charge in [-0.2, -0.15) is 0 Å². The van der Waals surface area contributed by atoms with Gasteiger partial charge < -0.3 is 19.2 Å². The first-order valence-electron chi connectivity index (χ1n) is 12.9. The van der Waals surface area contributed by atoms with Crippen LogP contribution in [-0.4, -0.2) is 36.3 Å². The first-order chi connectivity index (χ1) is 16.4. The minimum Gasteiger partial charge on any atom is -0.465 e. The van der Waals surface area contributed by atoms with E-state index in [1.165, 1.54) is 5.56 Å². The Labute approximate surface area is 204 Å². The van der Waals surface area contributed by atoms with Gasteiger partial charge in [0.1, 0.15) is 17.5 Å². The van der Waals surface area contributed by atoms with Crippen molar-refractivity contribution in [1.29, 1.82) is 0 Å². The highest BCUT2D eigenvalue weighted by molar-refractivity contribution is 5.76. The summed E-state index contributed by atoms with van der Waals surface area (Å²) in [5, 5.41) is 3.49. The van der Waals surface area contributed by atoms with Crippen molar-refractivity contribution in [3.63, 3.8) is 0 Å². The Morgan fingerprint density at radius 2 is 1.97 bits per heavy atom. The number of rotatable bonds is 12. The van der Waals surface area contributed by atoms with Crippen LogP contribution in [-0.2, 0) is 20.9 Å². The zero-order chi connectivity index (χ0) is 24.5. The van der Waals surface area contributed by atoms with Crippen LogP contribution in [0.15, 0.2) is 28.7 Å². The lowest BCUT2D eigenvalue weighted by molar-refractivity contribution is -0.147. The van der Waals surface area contributed by atoms with Crippen molar-refractivity contribution in [3.8, 4) is 11.5 Å². The van der Waals surface area contributed by atoms with Crippen molar-refractivity contribution in [3.05, 3.63) is 41.3 Å². The van der Waals surface area contributed by atoms with E-state index in [1.807, 2.05) is 19.1 Å². The molecule has 1 aromatic heterocycles. The molecule has 1 aliphatic rings. The number of benzene rings is 1. The fourth-order valence-corrected chi connectivity index (χ4v) is 4.45. The van der Waals surface area contributed by atoms with Crippen molar-refractivity contribution >= 4 is 5.97 Å². The second-order valence-electron chi connectivity index (χ2n) is 10.0. The maximum absolute atomic E-state index is 12.5. The minimum atomic E-state index is -0.254. The van der Waals surface area contributed by atoms with E-state index in [2.05, 4.69) is 50.1 Å². The molecule has 3 rings (SSSR count). The molecule has 0 spiro atoms. The number of carbonyl (C=O) groups excluding carboxylic acids is 1. The summed E-state index contributed by atoms with van der Waals surface area (Å²) in [4.78, 5) is 17.2. The molecular formula is C28H42N2O4. The molecule has 1 heterocycles. The first-order valence-corrected chi connectivity index (χ1v) is 12.9. The number of carbonyl (C=O) groups is 1. The first kappa shape index (κ1) is 26.4. The van der Waals surface area contributed by atoms with Crippen LogP contribution in [0.25, 0.3) is 11.5 Å². The van der Waals surface area contributed by atoms with Crippen molar-refractivity contribution in [2.45, 2.75) is 91.9 Å². The van der Waals surface area contributed by atoms with Gasteiger partial charge in [-0.05, 0) is 70.0 Å². The molecule has 1 N–H and O–H groups in total. The van der Waals surface area contributed by atoms with Crippen LogP contribution >= 0.6 is 0 Å². The average molecular weight is 471 g/mol. The molecule has 6 nitrogen and oxygen atoms in total. The van der Waals surface area contributed by atoms with Gasteiger partial charge in [0.05, 0.1) is 19.3 Å². The number of unbranched alkanes of at least 4 members (excludes halogenated alkanes) is 1. The Bertz CT molecular complexity index is 890. The normalized spacial score (nSPS) is 19.4. The number of hydrogen-bond acceptors (Lipinski definition) is 6. The molecular weight excluding hydrogens is 428 g/mol. The van der Waals surface area contributed by atoms with Gasteiger partial charge >= 0.3 is 5.97 Å². The van der Waals surface area contributed by atoms with E-state index in [9.17, 15) is 4.79 Å². The van der Waals surface area contributed by atoms with Gasteiger partial charge in [-0.1, -0.05) is 51.3 Å². The van der Waals surface area contributed by atoms with E-state index in [0.717, 1.165) is 62.1 Å². The molecule has 0 saturated heterocycles. The minimum absolute atomic E-state index is 0.127. The molecule has 0 bridgehead atoms. The Kier molecular flexibility index (Phi) is 10.1. The molecule has 1 aromatic carbocycles. The summed E-state index contributed by atoms with van der Waals surface area (Å²) in [5.41, 5.74) is 3.06. The van der Waals surface area contributed by atoms with E-state index in [0.29, 0.717) is 25.0 Å². The number of nitrogens with one attached hydrogen (secondary N) is 1. The maximum Gasteiger partial charge on any atom is 0.323 e. The Balaban J connectivity index is 1.48. The van der Waals surface area contributed by atoms with Gasteiger partial charge in [-0.3, -0.25) is 4.79 Å². The van der Waals surface area contributed by atoms with E-state index in [-0.39, 0.29) is 24.0 Å². The van der Waals surface area contributed by atoms with Crippen LogP contribution < -0.4 is 5.32 Å². The van der Waals surface area contributed by atoms with Crippen molar-refractivity contribution in [2.24, 2.45) is 11.8 Å². The summed E-state index contributed by atoms with van der Waals surface area (Å²) >= 11 is 0. The molecule has 1 saturated carbocycles. The molecule has 0 radical (unpaired) electrons. The standard InChI is InChI=1S/C28H42N2O4/c1-6-7-15-32-28(31)26(19(2)3)29-17-22-9-8-10-24(16-22)33-18-25-21(5)34-27(30-25)23-13-11-20(4)12-14-23/h11-14,19,22,24,26,29H,6-10,15-18H2,1-5H3/t22-,24+,26-/m0/s1. The lowest BCUT2D eigenvalue weighted by Gasteiger charge is -2.31. The summed E-state index contributed by atoms with van der Waals surface area (Å²) in [5.74, 6) is 2.02. The molecule has 1 fully saturated rings. The highest BCUT2D eigenvalue weighted by Gasteiger charge is 2.27. The number of ether oxygens (including phenoxy) is 2. The van der Waals surface area contributed by atoms with Gasteiger partial charge in [0, 0.05) is 5.56 Å². The van der Waals surface area contributed by atoms with Crippen LogP contribution in [0.5, 0.6) is 0 Å². The topological polar surface area (TPSA) is 73.6 Å². The maximum atomic E-state index is 12.5. The summed E-state index contributed by atoms with van der Waals surface area (Å²) in [7, 11) is 0. The van der Waals surface area contributed by atoms with Crippen molar-refractivity contribution in [1.82, 2.24) is 10.3 Å². The Morgan fingerprint density at radius 3 is 2.68 bits per heavy atom. The highest BCUT2D eigenvalue weighted by Crippen LogP contribution is 2.28. The van der Waals surface area contributed by atoms with Crippen LogP contribution in [0.2, 0.25) is 0 Å². The van der Waals surface area contributed by atoms with Gasteiger partial charge in [-0.15, -0.1) is 0 Å². The van der Waals surface area contributed by atoms with Gasteiger partial charge in [0.15, 0.2) is 0 Å². The third kappa shape index (κ3) is 7.67. The molecule has 188 valence electrons. The molecule has 1 aliphatic carbocycles. The lowest BCUT2D eigenvalue weighted by Crippen LogP contribution is -2.45. The van der Waals surface area contributed by atoms with Gasteiger partial charge in [0.2, 0.25) is 5.89 Å². The van der Waals surface area contributed by atoms with Gasteiger partial charge in [0.25, 0.3) is 0 Å². The van der Waals surface area contributed by atoms with Crippen molar-refractivity contribution < 1.29 is 18.7 Å². The fraction of sp³-hybridized carbons (Fsp3) is 0.643. The van der Waals surface area contributed by atoms with Gasteiger partial charge in [-0.25, -0.2) is 4.98 Å². The Hall–Kier alpha value is -2.18. The zero-order valence-electron chi connectivity index (χ0n) is 21.6. The number of hydrogen-bond donors (Lipinski definition) is 1. The van der Waals surface area contributed by atoms with Crippen LogP contribution in [0, 0.1) is 25.7 Å². The summed E-state index contributed by atoms with van der Waals surface area (Å²) < 4.78 is 17.6. The molecule has 34 heavy (non-hydrogen) atoms. The SMILES string of the molecule is CCCCOC(=O)[C@@H](NC[C@H]1CCC[C@@H](OCc2nc(-c3ccc(C)cc3)oc2C)C1)C(C)C. The summed E-state index contributed by atoms with van der Waals surface area (Å²) in [6.45, 7) is 12.0. The number of oxazole rings is 1. The van der Waals surface area contributed by atoms with E-state index in [4.69, 9.17) is 13.9 Å². The predicted molar refractivity (Wildman–Crippen MR) is 134 cm³/mol. The zero-order valence-corrected chi connectivity index (χ0v) is 21.6. The predicted octanol–water partition coefficient (Wildman–Crippen LogP) is 5.99. The molecule has 2 aromatic rings. The lowest BCUT2D eigenvalue weighted by atomic mass is 9.86.